The van der Waals surface area contributed by atoms with Crippen molar-refractivity contribution in [2.75, 3.05) is 25.4 Å². The second-order valence-electron chi connectivity index (χ2n) is 4.42. The lowest BCUT2D eigenvalue weighted by Crippen LogP contribution is -2.21. The molecule has 0 aromatic heterocycles. The topological polar surface area (TPSA) is 49.5 Å². The van der Waals surface area contributed by atoms with Crippen molar-refractivity contribution in [3.8, 4) is 0 Å². The Kier molecular flexibility index (Phi) is 3.69. The molecule has 1 unspecified atom stereocenters. The zero-order valence-corrected chi connectivity index (χ0v) is 9.95. The Morgan fingerprint density at radius 1 is 1.50 bits per heavy atom. The van der Waals surface area contributed by atoms with Crippen molar-refractivity contribution < 1.29 is 5.11 Å². The summed E-state index contributed by atoms with van der Waals surface area (Å²) in [7, 11) is 0. The number of hydrogen-bond donors (Lipinski definition) is 2. The minimum Gasteiger partial charge on any atom is -0.398 e. The molecule has 0 saturated carbocycles. The molecule has 1 heterocycles. The fourth-order valence-corrected chi connectivity index (χ4v) is 2.34. The molecule has 1 aliphatic heterocycles. The highest BCUT2D eigenvalue weighted by atomic mass is 35.5. The third kappa shape index (κ3) is 2.67. The van der Waals surface area contributed by atoms with Crippen molar-refractivity contribution >= 4 is 17.3 Å². The minimum atomic E-state index is 0.284. The molecular formula is C12H17ClN2O. The molecular weight excluding hydrogens is 224 g/mol. The number of nitrogens with two attached hydrogens (primary N) is 1. The van der Waals surface area contributed by atoms with E-state index in [9.17, 15) is 0 Å². The van der Waals surface area contributed by atoms with Crippen LogP contribution in [0.4, 0.5) is 5.69 Å². The van der Waals surface area contributed by atoms with Gasteiger partial charge in [0.2, 0.25) is 0 Å². The van der Waals surface area contributed by atoms with Gasteiger partial charge >= 0.3 is 0 Å². The predicted octanol–water partition coefficient (Wildman–Crippen LogP) is 1.74. The molecule has 4 heteroatoms. The molecule has 3 nitrogen and oxygen atoms in total. The van der Waals surface area contributed by atoms with Gasteiger partial charge in [0.25, 0.3) is 0 Å². The Bertz CT molecular complexity index is 370. The van der Waals surface area contributed by atoms with Crippen LogP contribution < -0.4 is 5.73 Å². The van der Waals surface area contributed by atoms with Crippen molar-refractivity contribution in [3.63, 3.8) is 0 Å². The van der Waals surface area contributed by atoms with Crippen LogP contribution in [0.2, 0.25) is 5.02 Å². The van der Waals surface area contributed by atoms with Gasteiger partial charge in [-0.1, -0.05) is 17.7 Å². The molecule has 0 bridgehead atoms. The number of halogens is 1. The number of nitrogen functional groups attached to an aromatic ring is 1. The van der Waals surface area contributed by atoms with Crippen LogP contribution in [0.1, 0.15) is 12.0 Å². The zero-order chi connectivity index (χ0) is 11.5. The molecule has 0 aliphatic carbocycles. The lowest BCUT2D eigenvalue weighted by Gasteiger charge is -2.17. The van der Waals surface area contributed by atoms with E-state index in [1.54, 1.807) is 6.07 Å². The number of likely N-dealkylation sites (tertiary alicyclic amines) is 1. The normalized spacial score (nSPS) is 21.5. The maximum Gasteiger partial charge on any atom is 0.0471 e. The number of aliphatic hydroxyl groups excluding tert-OH is 1. The van der Waals surface area contributed by atoms with Crippen LogP contribution in [0.25, 0.3) is 0 Å². The lowest BCUT2D eigenvalue weighted by atomic mass is 10.1. The first-order chi connectivity index (χ1) is 7.69. The molecule has 3 N–H and O–H groups in total. The van der Waals surface area contributed by atoms with E-state index in [-0.39, 0.29) is 6.61 Å². The highest BCUT2D eigenvalue weighted by Crippen LogP contribution is 2.23. The standard InChI is InChI=1S/C12H17ClN2O/c13-11-2-1-10(12(14)5-11)7-15-4-3-9(6-15)8-16/h1-2,5,9,16H,3-4,6-8,14H2. The van der Waals surface area contributed by atoms with Gasteiger partial charge < -0.3 is 10.8 Å². The predicted molar refractivity (Wildman–Crippen MR) is 66.3 cm³/mol. The van der Waals surface area contributed by atoms with Crippen LogP contribution in [0.3, 0.4) is 0 Å². The summed E-state index contributed by atoms with van der Waals surface area (Å²) < 4.78 is 0. The highest BCUT2D eigenvalue weighted by Gasteiger charge is 2.21. The number of rotatable bonds is 3. The smallest absolute Gasteiger partial charge is 0.0471 e. The molecule has 1 saturated heterocycles. The first-order valence-corrected chi connectivity index (χ1v) is 5.94. The van der Waals surface area contributed by atoms with Gasteiger partial charge in [0.05, 0.1) is 0 Å². The summed E-state index contributed by atoms with van der Waals surface area (Å²) in [5.41, 5.74) is 7.77. The fourth-order valence-electron chi connectivity index (χ4n) is 2.16. The summed E-state index contributed by atoms with van der Waals surface area (Å²) in [4.78, 5) is 2.32. The monoisotopic (exact) mass is 240 g/mol. The van der Waals surface area contributed by atoms with E-state index in [1.165, 1.54) is 0 Å². The largest absolute Gasteiger partial charge is 0.398 e. The molecule has 88 valence electrons. The summed E-state index contributed by atoms with van der Waals surface area (Å²) in [6.45, 7) is 3.12. The Morgan fingerprint density at radius 3 is 2.94 bits per heavy atom. The van der Waals surface area contributed by atoms with Crippen molar-refractivity contribution in [3.05, 3.63) is 28.8 Å². The van der Waals surface area contributed by atoms with E-state index in [1.807, 2.05) is 12.1 Å². The van der Waals surface area contributed by atoms with E-state index in [2.05, 4.69) is 4.90 Å². The van der Waals surface area contributed by atoms with Gasteiger partial charge in [-0.25, -0.2) is 0 Å². The van der Waals surface area contributed by atoms with Gasteiger partial charge in [-0.3, -0.25) is 4.90 Å². The van der Waals surface area contributed by atoms with E-state index in [4.69, 9.17) is 22.4 Å². The van der Waals surface area contributed by atoms with E-state index < -0.39 is 0 Å². The van der Waals surface area contributed by atoms with Crippen LogP contribution in [-0.4, -0.2) is 29.7 Å². The Hall–Kier alpha value is -0.770. The maximum atomic E-state index is 9.07. The van der Waals surface area contributed by atoms with Crippen molar-refractivity contribution in [1.82, 2.24) is 4.90 Å². The Morgan fingerprint density at radius 2 is 2.31 bits per heavy atom. The first kappa shape index (κ1) is 11.7. The quantitative estimate of drug-likeness (QED) is 0.792. The maximum absolute atomic E-state index is 9.07. The van der Waals surface area contributed by atoms with Crippen LogP contribution in [0.15, 0.2) is 18.2 Å². The summed E-state index contributed by atoms with van der Waals surface area (Å²) in [6, 6.07) is 5.63. The number of benzene rings is 1. The molecule has 1 aromatic rings. The number of hydrogen-bond acceptors (Lipinski definition) is 3. The number of nitrogens with zero attached hydrogens (tertiary/aromatic N) is 1. The lowest BCUT2D eigenvalue weighted by molar-refractivity contribution is 0.220. The third-order valence-electron chi connectivity index (χ3n) is 3.13. The number of anilines is 1. The van der Waals surface area contributed by atoms with Gasteiger partial charge in [0, 0.05) is 30.4 Å². The molecule has 0 radical (unpaired) electrons. The van der Waals surface area contributed by atoms with E-state index >= 15 is 0 Å². The van der Waals surface area contributed by atoms with Gasteiger partial charge in [-0.15, -0.1) is 0 Å². The molecule has 1 atom stereocenters. The second-order valence-corrected chi connectivity index (χ2v) is 4.85. The van der Waals surface area contributed by atoms with Gasteiger partial charge in [-0.05, 0) is 36.6 Å². The van der Waals surface area contributed by atoms with Gasteiger partial charge in [0.1, 0.15) is 0 Å². The highest BCUT2D eigenvalue weighted by molar-refractivity contribution is 6.30. The average molecular weight is 241 g/mol. The molecule has 0 spiro atoms. The second kappa shape index (κ2) is 5.04. The van der Waals surface area contributed by atoms with Crippen molar-refractivity contribution in [2.45, 2.75) is 13.0 Å². The molecule has 1 fully saturated rings. The van der Waals surface area contributed by atoms with Gasteiger partial charge in [0.15, 0.2) is 0 Å². The fraction of sp³-hybridized carbons (Fsp3) is 0.500. The van der Waals surface area contributed by atoms with Crippen molar-refractivity contribution in [1.29, 1.82) is 0 Å². The molecule has 1 aliphatic rings. The van der Waals surface area contributed by atoms with E-state index in [0.717, 1.165) is 37.3 Å². The molecule has 16 heavy (non-hydrogen) atoms. The number of aliphatic hydroxyl groups is 1. The average Bonchev–Trinajstić information content (AvgIpc) is 2.70. The third-order valence-corrected chi connectivity index (χ3v) is 3.37. The summed E-state index contributed by atoms with van der Waals surface area (Å²) in [5, 5.41) is 9.75. The summed E-state index contributed by atoms with van der Waals surface area (Å²) >= 11 is 5.85. The SMILES string of the molecule is Nc1cc(Cl)ccc1CN1CCC(CO)C1. The Balaban J connectivity index is 1.99. The molecule has 1 aromatic carbocycles. The van der Waals surface area contributed by atoms with Crippen LogP contribution in [0, 0.1) is 5.92 Å². The molecule has 2 rings (SSSR count). The minimum absolute atomic E-state index is 0.284. The summed E-state index contributed by atoms with van der Waals surface area (Å²) in [6.07, 6.45) is 1.07. The summed E-state index contributed by atoms with van der Waals surface area (Å²) in [5.74, 6) is 0.425. The first-order valence-electron chi connectivity index (χ1n) is 5.56. The van der Waals surface area contributed by atoms with Crippen molar-refractivity contribution in [2.24, 2.45) is 5.92 Å². The van der Waals surface area contributed by atoms with E-state index in [0.29, 0.717) is 10.9 Å². The zero-order valence-electron chi connectivity index (χ0n) is 9.19. The van der Waals surface area contributed by atoms with Gasteiger partial charge in [-0.2, -0.15) is 0 Å². The molecule has 0 amide bonds. The van der Waals surface area contributed by atoms with Crippen LogP contribution in [0.5, 0.6) is 0 Å². The van der Waals surface area contributed by atoms with Crippen LogP contribution >= 0.6 is 11.6 Å². The Labute approximate surface area is 101 Å². The van der Waals surface area contributed by atoms with Crippen LogP contribution in [-0.2, 0) is 6.54 Å².